The Labute approximate surface area is 129 Å². The summed E-state index contributed by atoms with van der Waals surface area (Å²) in [4.78, 5) is 10.5. The third kappa shape index (κ3) is 3.36. The van der Waals surface area contributed by atoms with Crippen LogP contribution in [0, 0.1) is 0 Å². The lowest BCUT2D eigenvalue weighted by Gasteiger charge is -2.13. The number of alkyl halides is 3. The number of nitrogens with zero attached hydrogens (tertiary/aromatic N) is 1. The van der Waals surface area contributed by atoms with E-state index in [0.29, 0.717) is 14.9 Å². The number of hydrogen-bond acceptors (Lipinski definition) is 4. The molecule has 0 saturated carbocycles. The number of rotatable bonds is 3. The molecule has 0 fully saturated rings. The van der Waals surface area contributed by atoms with Crippen LogP contribution in [0.15, 0.2) is 52.5 Å². The van der Waals surface area contributed by atoms with Crippen molar-refractivity contribution in [1.29, 1.82) is 0 Å². The minimum Gasteiger partial charge on any atom is -0.287 e. The first kappa shape index (κ1) is 16.6. The summed E-state index contributed by atoms with van der Waals surface area (Å²) in [5.74, 6) is 0. The summed E-state index contributed by atoms with van der Waals surface area (Å²) in [7, 11) is -4.40. The lowest BCUT2D eigenvalue weighted by molar-refractivity contribution is -0.139. The molecular weight excluding hydrogens is 339 g/mol. The number of hydrogen-bond donors (Lipinski definition) is 0. The van der Waals surface area contributed by atoms with Gasteiger partial charge in [0.25, 0.3) is 10.0 Å². The fourth-order valence-corrected chi connectivity index (χ4v) is 3.88. The highest BCUT2D eigenvalue weighted by molar-refractivity contribution is 8.13. The van der Waals surface area contributed by atoms with Crippen LogP contribution in [0.25, 0.3) is 0 Å². The number of carbonyl (C=O) groups is 1. The maximum Gasteiger partial charge on any atom is 0.417 e. The minimum atomic E-state index is -4.78. The Morgan fingerprint density at radius 2 is 1.82 bits per heavy atom. The van der Waals surface area contributed by atoms with E-state index in [-0.39, 0.29) is 5.12 Å². The molecule has 0 aliphatic carbocycles. The molecule has 2 aromatic rings. The molecule has 1 heterocycles. The van der Waals surface area contributed by atoms with Crippen LogP contribution in [-0.4, -0.2) is 17.5 Å². The number of aromatic nitrogens is 1. The standard InChI is InChI=1S/C13H10F3NO3S2/c1-9(18)21-10-6-7-17(8-10)22(19,20)12-5-3-2-4-11(12)13(14,15)16/h2-8H,1H3. The summed E-state index contributed by atoms with van der Waals surface area (Å²) in [5.41, 5.74) is -1.23. The molecule has 0 aliphatic heterocycles. The fraction of sp³-hybridized carbons (Fsp3) is 0.154. The van der Waals surface area contributed by atoms with Crippen molar-refractivity contribution in [1.82, 2.24) is 3.97 Å². The van der Waals surface area contributed by atoms with Crippen molar-refractivity contribution < 1.29 is 26.4 Å². The first-order valence-electron chi connectivity index (χ1n) is 5.90. The van der Waals surface area contributed by atoms with Crippen LogP contribution < -0.4 is 0 Å². The second-order valence-electron chi connectivity index (χ2n) is 4.27. The van der Waals surface area contributed by atoms with E-state index in [1.807, 2.05) is 0 Å². The molecule has 0 bridgehead atoms. The molecule has 0 aliphatic rings. The summed E-state index contributed by atoms with van der Waals surface area (Å²) in [6, 6.07) is 5.29. The monoisotopic (exact) mass is 349 g/mol. The lowest BCUT2D eigenvalue weighted by Crippen LogP contribution is -2.17. The molecule has 0 unspecified atom stereocenters. The van der Waals surface area contributed by atoms with Gasteiger partial charge in [-0.3, -0.25) is 4.79 Å². The van der Waals surface area contributed by atoms with E-state index in [1.54, 1.807) is 0 Å². The van der Waals surface area contributed by atoms with Gasteiger partial charge in [0.15, 0.2) is 5.12 Å². The molecule has 4 nitrogen and oxygen atoms in total. The quantitative estimate of drug-likeness (QED) is 0.797. The van der Waals surface area contributed by atoms with Crippen LogP contribution in [0.3, 0.4) is 0 Å². The maximum atomic E-state index is 12.9. The summed E-state index contributed by atoms with van der Waals surface area (Å²) in [6.45, 7) is 1.30. The lowest BCUT2D eigenvalue weighted by atomic mass is 10.2. The Morgan fingerprint density at radius 1 is 1.18 bits per heavy atom. The minimum absolute atomic E-state index is 0.258. The van der Waals surface area contributed by atoms with Crippen LogP contribution in [0.2, 0.25) is 0 Å². The van der Waals surface area contributed by atoms with Gasteiger partial charge < -0.3 is 0 Å². The zero-order valence-corrected chi connectivity index (χ0v) is 12.8. The van der Waals surface area contributed by atoms with Gasteiger partial charge >= 0.3 is 6.18 Å². The molecule has 1 aromatic carbocycles. The molecule has 0 N–H and O–H groups in total. The summed E-state index contributed by atoms with van der Waals surface area (Å²) in [6.07, 6.45) is -2.57. The third-order valence-electron chi connectivity index (χ3n) is 2.65. The van der Waals surface area contributed by atoms with Crippen molar-refractivity contribution in [3.63, 3.8) is 0 Å². The van der Waals surface area contributed by atoms with Crippen LogP contribution in [0.5, 0.6) is 0 Å². The second kappa shape index (κ2) is 5.81. The highest BCUT2D eigenvalue weighted by Crippen LogP contribution is 2.35. The van der Waals surface area contributed by atoms with Gasteiger partial charge in [0.2, 0.25) is 0 Å². The number of carbonyl (C=O) groups excluding carboxylic acids is 1. The van der Waals surface area contributed by atoms with Crippen molar-refractivity contribution in [2.45, 2.75) is 22.9 Å². The van der Waals surface area contributed by atoms with Gasteiger partial charge in [0, 0.05) is 24.2 Å². The Bertz CT molecular complexity index is 810. The van der Waals surface area contributed by atoms with Gasteiger partial charge in [-0.15, -0.1) is 0 Å². The smallest absolute Gasteiger partial charge is 0.287 e. The molecule has 22 heavy (non-hydrogen) atoms. The van der Waals surface area contributed by atoms with Crippen molar-refractivity contribution >= 4 is 26.9 Å². The van der Waals surface area contributed by atoms with Crippen LogP contribution in [-0.2, 0) is 21.0 Å². The topological polar surface area (TPSA) is 56.1 Å². The van der Waals surface area contributed by atoms with Crippen molar-refractivity contribution in [3.05, 3.63) is 48.3 Å². The van der Waals surface area contributed by atoms with E-state index in [2.05, 4.69) is 0 Å². The zero-order chi connectivity index (χ0) is 16.5. The summed E-state index contributed by atoms with van der Waals surface area (Å²) in [5, 5.41) is -0.258. The van der Waals surface area contributed by atoms with Gasteiger partial charge in [-0.05, 0) is 18.2 Å². The van der Waals surface area contributed by atoms with Crippen molar-refractivity contribution in [3.8, 4) is 0 Å². The second-order valence-corrected chi connectivity index (χ2v) is 7.33. The van der Waals surface area contributed by atoms with Gasteiger partial charge in [-0.25, -0.2) is 12.4 Å². The number of halogens is 3. The highest BCUT2D eigenvalue weighted by atomic mass is 32.2. The third-order valence-corrected chi connectivity index (χ3v) is 5.11. The Morgan fingerprint density at radius 3 is 2.41 bits per heavy atom. The van der Waals surface area contributed by atoms with E-state index in [1.165, 1.54) is 19.1 Å². The SMILES string of the molecule is CC(=O)Sc1ccn(S(=O)(=O)c2ccccc2C(F)(F)F)c1. The van der Waals surface area contributed by atoms with Gasteiger partial charge in [0.05, 0.1) is 5.56 Å². The normalized spacial score (nSPS) is 12.4. The Kier molecular flexibility index (Phi) is 4.39. The van der Waals surface area contributed by atoms with E-state index in [0.717, 1.165) is 36.3 Å². The molecule has 118 valence electrons. The van der Waals surface area contributed by atoms with E-state index >= 15 is 0 Å². The van der Waals surface area contributed by atoms with Gasteiger partial charge in [0.1, 0.15) is 4.90 Å². The molecule has 0 spiro atoms. The molecular formula is C13H10F3NO3S2. The van der Waals surface area contributed by atoms with Crippen LogP contribution in [0.1, 0.15) is 12.5 Å². The van der Waals surface area contributed by atoms with E-state index in [9.17, 15) is 26.4 Å². The first-order valence-corrected chi connectivity index (χ1v) is 8.16. The Hall–Kier alpha value is -1.74. The molecule has 0 radical (unpaired) electrons. The molecule has 0 amide bonds. The van der Waals surface area contributed by atoms with E-state index in [4.69, 9.17) is 0 Å². The molecule has 9 heteroatoms. The fourth-order valence-electron chi connectivity index (χ4n) is 1.77. The van der Waals surface area contributed by atoms with Crippen molar-refractivity contribution in [2.24, 2.45) is 0 Å². The van der Waals surface area contributed by atoms with E-state index < -0.39 is 26.7 Å². The summed E-state index contributed by atoms with van der Waals surface area (Å²) < 4.78 is 64.3. The zero-order valence-electron chi connectivity index (χ0n) is 11.2. The largest absolute Gasteiger partial charge is 0.417 e. The van der Waals surface area contributed by atoms with Gasteiger partial charge in [-0.2, -0.15) is 13.2 Å². The first-order chi connectivity index (χ1) is 10.1. The molecule has 0 saturated heterocycles. The van der Waals surface area contributed by atoms with Gasteiger partial charge in [-0.1, -0.05) is 23.9 Å². The maximum absolute atomic E-state index is 12.9. The molecule has 0 atom stereocenters. The molecule has 1 aromatic heterocycles. The summed E-state index contributed by atoms with van der Waals surface area (Å²) >= 11 is 0.794. The average Bonchev–Trinajstić information content (AvgIpc) is 2.86. The Balaban J connectivity index is 2.52. The average molecular weight is 349 g/mol. The van der Waals surface area contributed by atoms with Crippen molar-refractivity contribution in [2.75, 3.05) is 0 Å². The number of benzene rings is 1. The van der Waals surface area contributed by atoms with Crippen LogP contribution in [0.4, 0.5) is 13.2 Å². The number of thioether (sulfide) groups is 1. The predicted molar refractivity (Wildman–Crippen MR) is 75.0 cm³/mol. The van der Waals surface area contributed by atoms with Crippen LogP contribution >= 0.6 is 11.8 Å². The highest BCUT2D eigenvalue weighted by Gasteiger charge is 2.37. The predicted octanol–water partition coefficient (Wildman–Crippen LogP) is 3.38. The molecule has 2 rings (SSSR count).